The Morgan fingerprint density at radius 3 is 2.39 bits per heavy atom. The van der Waals surface area contributed by atoms with Crippen LogP contribution in [0.15, 0.2) is 23.1 Å². The van der Waals surface area contributed by atoms with E-state index in [1.165, 1.54) is 0 Å². The van der Waals surface area contributed by atoms with Crippen LogP contribution in [0.3, 0.4) is 0 Å². The molecule has 0 bridgehead atoms. The highest BCUT2D eigenvalue weighted by Gasteiger charge is 2.30. The standard InChI is InChI=1S/C11H14F2N2O2S/c12-8-2-1-3-9(13)11(8)18(16,17)15-6-10(14)7-4-5-7/h1-3,7,10,15H,4-6,14H2. The lowest BCUT2D eigenvalue weighted by molar-refractivity contribution is 0.507. The summed E-state index contributed by atoms with van der Waals surface area (Å²) in [7, 11) is -4.20. The number of nitrogens with two attached hydrogens (primary N) is 1. The topological polar surface area (TPSA) is 72.2 Å². The largest absolute Gasteiger partial charge is 0.326 e. The molecule has 0 heterocycles. The molecule has 0 amide bonds. The summed E-state index contributed by atoms with van der Waals surface area (Å²) in [6, 6.07) is 2.60. The fourth-order valence-corrected chi connectivity index (χ4v) is 2.91. The second kappa shape index (κ2) is 4.91. The fraction of sp³-hybridized carbons (Fsp3) is 0.455. The van der Waals surface area contributed by atoms with Gasteiger partial charge in [-0.1, -0.05) is 6.07 Å². The smallest absolute Gasteiger partial charge is 0.246 e. The molecule has 0 spiro atoms. The number of halogens is 2. The van der Waals surface area contributed by atoms with Gasteiger partial charge in [0.05, 0.1) is 0 Å². The number of sulfonamides is 1. The van der Waals surface area contributed by atoms with Gasteiger partial charge >= 0.3 is 0 Å². The van der Waals surface area contributed by atoms with E-state index in [0.717, 1.165) is 31.0 Å². The molecule has 1 aliphatic carbocycles. The van der Waals surface area contributed by atoms with Gasteiger partial charge in [-0.25, -0.2) is 21.9 Å². The highest BCUT2D eigenvalue weighted by atomic mass is 32.2. The second-order valence-electron chi connectivity index (χ2n) is 4.40. The molecule has 2 rings (SSSR count). The quantitative estimate of drug-likeness (QED) is 0.842. The number of benzene rings is 1. The molecular weight excluding hydrogens is 262 g/mol. The van der Waals surface area contributed by atoms with Crippen LogP contribution in [0.2, 0.25) is 0 Å². The maximum Gasteiger partial charge on any atom is 0.246 e. The van der Waals surface area contributed by atoms with Crippen molar-refractivity contribution in [3.8, 4) is 0 Å². The SMILES string of the molecule is NC(CNS(=O)(=O)c1c(F)cccc1F)C1CC1. The first-order valence-corrected chi connectivity index (χ1v) is 7.09. The molecule has 1 atom stereocenters. The van der Waals surface area contributed by atoms with E-state index < -0.39 is 26.6 Å². The normalized spacial score (nSPS) is 17.7. The first-order valence-electron chi connectivity index (χ1n) is 5.61. The molecule has 1 aromatic rings. The van der Waals surface area contributed by atoms with Gasteiger partial charge in [0.1, 0.15) is 11.6 Å². The minimum absolute atomic E-state index is 0.0131. The molecule has 1 aromatic carbocycles. The lowest BCUT2D eigenvalue weighted by atomic mass is 10.2. The van der Waals surface area contributed by atoms with Gasteiger partial charge in [-0.05, 0) is 30.9 Å². The van der Waals surface area contributed by atoms with Crippen LogP contribution in [0.25, 0.3) is 0 Å². The third-order valence-corrected chi connectivity index (χ3v) is 4.40. The van der Waals surface area contributed by atoms with E-state index in [1.54, 1.807) is 0 Å². The summed E-state index contributed by atoms with van der Waals surface area (Å²) < 4.78 is 52.4. The van der Waals surface area contributed by atoms with Crippen molar-refractivity contribution in [2.45, 2.75) is 23.8 Å². The first kappa shape index (κ1) is 13.4. The summed E-state index contributed by atoms with van der Waals surface area (Å²) in [5.41, 5.74) is 5.73. The highest BCUT2D eigenvalue weighted by molar-refractivity contribution is 7.89. The Bertz CT molecular complexity index is 524. The van der Waals surface area contributed by atoms with Gasteiger partial charge in [-0.2, -0.15) is 0 Å². The molecule has 1 saturated carbocycles. The maximum atomic E-state index is 13.4. The second-order valence-corrected chi connectivity index (χ2v) is 6.11. The van der Waals surface area contributed by atoms with Crippen molar-refractivity contribution in [1.29, 1.82) is 0 Å². The van der Waals surface area contributed by atoms with Gasteiger partial charge in [0.2, 0.25) is 10.0 Å². The molecule has 18 heavy (non-hydrogen) atoms. The third-order valence-electron chi connectivity index (χ3n) is 2.92. The predicted molar refractivity (Wildman–Crippen MR) is 62.2 cm³/mol. The summed E-state index contributed by atoms with van der Waals surface area (Å²) in [6.45, 7) is -0.0131. The van der Waals surface area contributed by atoms with Crippen LogP contribution in [0, 0.1) is 17.6 Å². The molecule has 100 valence electrons. The monoisotopic (exact) mass is 276 g/mol. The summed E-state index contributed by atoms with van der Waals surface area (Å²) >= 11 is 0. The zero-order valence-corrected chi connectivity index (χ0v) is 10.4. The van der Waals surface area contributed by atoms with Gasteiger partial charge < -0.3 is 5.73 Å². The van der Waals surface area contributed by atoms with Crippen LogP contribution in [-0.2, 0) is 10.0 Å². The van der Waals surface area contributed by atoms with E-state index in [2.05, 4.69) is 4.72 Å². The Kier molecular flexibility index (Phi) is 3.65. The molecular formula is C11H14F2N2O2S. The van der Waals surface area contributed by atoms with Crippen LogP contribution in [0.4, 0.5) is 8.78 Å². The average Bonchev–Trinajstić information content (AvgIpc) is 3.09. The van der Waals surface area contributed by atoms with Crippen LogP contribution in [-0.4, -0.2) is 21.0 Å². The summed E-state index contributed by atoms with van der Waals surface area (Å²) in [4.78, 5) is -0.951. The van der Waals surface area contributed by atoms with E-state index in [9.17, 15) is 17.2 Å². The van der Waals surface area contributed by atoms with E-state index in [-0.39, 0.29) is 12.6 Å². The molecule has 0 aliphatic heterocycles. The van der Waals surface area contributed by atoms with Crippen molar-refractivity contribution < 1.29 is 17.2 Å². The zero-order valence-electron chi connectivity index (χ0n) is 9.57. The molecule has 0 aromatic heterocycles. The van der Waals surface area contributed by atoms with Crippen LogP contribution >= 0.6 is 0 Å². The van der Waals surface area contributed by atoms with E-state index in [4.69, 9.17) is 5.73 Å². The van der Waals surface area contributed by atoms with Crippen molar-refractivity contribution in [3.05, 3.63) is 29.8 Å². The molecule has 1 fully saturated rings. The lowest BCUT2D eigenvalue weighted by Gasteiger charge is -2.12. The number of hydrogen-bond acceptors (Lipinski definition) is 3. The minimum atomic E-state index is -4.20. The Morgan fingerprint density at radius 2 is 1.89 bits per heavy atom. The third kappa shape index (κ3) is 2.85. The number of hydrogen-bond donors (Lipinski definition) is 2. The van der Waals surface area contributed by atoms with Gasteiger partial charge in [0.15, 0.2) is 4.90 Å². The molecule has 1 aliphatic rings. The van der Waals surface area contributed by atoms with E-state index in [0.29, 0.717) is 5.92 Å². The lowest BCUT2D eigenvalue weighted by Crippen LogP contribution is -2.39. The van der Waals surface area contributed by atoms with Crippen molar-refractivity contribution >= 4 is 10.0 Å². The van der Waals surface area contributed by atoms with Crippen molar-refractivity contribution in [3.63, 3.8) is 0 Å². The van der Waals surface area contributed by atoms with E-state index in [1.807, 2.05) is 0 Å². The fourth-order valence-electron chi connectivity index (χ4n) is 1.71. The Labute approximate surface area is 104 Å². The van der Waals surface area contributed by atoms with Crippen LogP contribution in [0.5, 0.6) is 0 Å². The van der Waals surface area contributed by atoms with Crippen LogP contribution < -0.4 is 10.5 Å². The number of rotatable bonds is 5. The number of nitrogens with one attached hydrogen (secondary N) is 1. The molecule has 1 unspecified atom stereocenters. The summed E-state index contributed by atoms with van der Waals surface area (Å²) in [5.74, 6) is -1.91. The van der Waals surface area contributed by atoms with Crippen LogP contribution in [0.1, 0.15) is 12.8 Å². The Balaban J connectivity index is 2.14. The van der Waals surface area contributed by atoms with Crippen molar-refractivity contribution in [1.82, 2.24) is 4.72 Å². The predicted octanol–water partition coefficient (Wildman–Crippen LogP) is 0.980. The molecule has 0 radical (unpaired) electrons. The van der Waals surface area contributed by atoms with Gasteiger partial charge in [-0.3, -0.25) is 0 Å². The Hall–Kier alpha value is -1.05. The van der Waals surface area contributed by atoms with Gasteiger partial charge in [0, 0.05) is 12.6 Å². The maximum absolute atomic E-state index is 13.4. The average molecular weight is 276 g/mol. The zero-order chi connectivity index (χ0) is 13.3. The molecule has 0 saturated heterocycles. The highest BCUT2D eigenvalue weighted by Crippen LogP contribution is 2.31. The van der Waals surface area contributed by atoms with E-state index >= 15 is 0 Å². The van der Waals surface area contributed by atoms with Gasteiger partial charge in [-0.15, -0.1) is 0 Å². The summed E-state index contributed by atoms with van der Waals surface area (Å²) in [6.07, 6.45) is 1.94. The Morgan fingerprint density at radius 1 is 1.33 bits per heavy atom. The van der Waals surface area contributed by atoms with Crippen molar-refractivity contribution in [2.75, 3.05) is 6.54 Å². The minimum Gasteiger partial charge on any atom is -0.326 e. The first-order chi connectivity index (χ1) is 8.42. The molecule has 4 nitrogen and oxygen atoms in total. The molecule has 7 heteroatoms. The van der Waals surface area contributed by atoms with Crippen molar-refractivity contribution in [2.24, 2.45) is 11.7 Å². The molecule has 3 N–H and O–H groups in total. The summed E-state index contributed by atoms with van der Waals surface area (Å²) in [5, 5.41) is 0. The van der Waals surface area contributed by atoms with Gasteiger partial charge in [0.25, 0.3) is 0 Å².